The van der Waals surface area contributed by atoms with Crippen LogP contribution in [0.5, 0.6) is 5.75 Å². The standard InChI is InChI=1S/C32H31ClN2O5S/c1-32(2,3)40-31(38)25-17-21(30(37)35-15-13-24(14-16-35)39-23-7-5-4-6-8-23)10-12-26(25)34-29(36)28-18-20-9-11-22(33)19-27(20)41-28/h4-12,17-19,24H,13-16H2,1-3H3,(H,34,36). The van der Waals surface area contributed by atoms with Crippen LogP contribution >= 0.6 is 22.9 Å². The predicted octanol–water partition coefficient (Wildman–Crippen LogP) is 7.45. The number of amides is 2. The Morgan fingerprint density at radius 1 is 0.951 bits per heavy atom. The summed E-state index contributed by atoms with van der Waals surface area (Å²) in [6.45, 7) is 6.37. The van der Waals surface area contributed by atoms with Crippen molar-refractivity contribution in [1.29, 1.82) is 0 Å². The molecule has 1 saturated heterocycles. The molecule has 0 aliphatic carbocycles. The van der Waals surface area contributed by atoms with Gasteiger partial charge in [-0.3, -0.25) is 9.59 Å². The van der Waals surface area contributed by atoms with Crippen LogP contribution < -0.4 is 10.1 Å². The Morgan fingerprint density at radius 3 is 2.39 bits per heavy atom. The number of fused-ring (bicyclic) bond motifs is 1. The van der Waals surface area contributed by atoms with Crippen molar-refractivity contribution < 1.29 is 23.9 Å². The number of carbonyl (C=O) groups excluding carboxylic acids is 3. The second kappa shape index (κ2) is 11.9. The van der Waals surface area contributed by atoms with Crippen molar-refractivity contribution in [2.24, 2.45) is 0 Å². The molecule has 9 heteroatoms. The highest BCUT2D eigenvalue weighted by atomic mass is 35.5. The van der Waals surface area contributed by atoms with Gasteiger partial charge in [0.15, 0.2) is 0 Å². The number of hydrogen-bond acceptors (Lipinski definition) is 6. The van der Waals surface area contributed by atoms with Gasteiger partial charge in [0.25, 0.3) is 11.8 Å². The Hall–Kier alpha value is -3.88. The molecule has 2 heterocycles. The first kappa shape index (κ1) is 28.6. The fourth-order valence-electron chi connectivity index (χ4n) is 4.64. The summed E-state index contributed by atoms with van der Waals surface area (Å²) in [6.07, 6.45) is 1.43. The van der Waals surface area contributed by atoms with Gasteiger partial charge in [0.05, 0.1) is 16.1 Å². The van der Waals surface area contributed by atoms with E-state index in [2.05, 4.69) is 5.32 Å². The Labute approximate surface area is 248 Å². The lowest BCUT2D eigenvalue weighted by Crippen LogP contribution is -2.41. The number of halogens is 1. The molecular weight excluding hydrogens is 560 g/mol. The number of likely N-dealkylation sites (tertiary alicyclic amines) is 1. The number of thiophene rings is 1. The minimum atomic E-state index is -0.760. The monoisotopic (exact) mass is 590 g/mol. The molecule has 0 unspecified atom stereocenters. The summed E-state index contributed by atoms with van der Waals surface area (Å²) in [5, 5.41) is 4.33. The zero-order chi connectivity index (χ0) is 29.1. The molecule has 1 aliphatic rings. The van der Waals surface area contributed by atoms with E-state index in [9.17, 15) is 14.4 Å². The van der Waals surface area contributed by atoms with E-state index in [1.807, 2.05) is 42.5 Å². The summed E-state index contributed by atoms with van der Waals surface area (Å²) in [6, 6.07) is 21.6. The number of benzene rings is 3. The van der Waals surface area contributed by atoms with Crippen LogP contribution in [0.1, 0.15) is 64.0 Å². The molecule has 41 heavy (non-hydrogen) atoms. The Kier molecular flexibility index (Phi) is 8.33. The normalized spacial score (nSPS) is 14.1. The first-order valence-electron chi connectivity index (χ1n) is 13.4. The van der Waals surface area contributed by atoms with Crippen molar-refractivity contribution in [3.8, 4) is 5.75 Å². The van der Waals surface area contributed by atoms with Gasteiger partial charge >= 0.3 is 5.97 Å². The summed E-state index contributed by atoms with van der Waals surface area (Å²) in [5.74, 6) is -0.365. The molecule has 1 N–H and O–H groups in total. The Bertz CT molecular complexity index is 1590. The summed E-state index contributed by atoms with van der Waals surface area (Å²) in [7, 11) is 0. The number of esters is 1. The van der Waals surface area contributed by atoms with Gasteiger partial charge in [-0.1, -0.05) is 35.9 Å². The number of ether oxygens (including phenoxy) is 2. The van der Waals surface area contributed by atoms with E-state index in [1.165, 1.54) is 17.4 Å². The third-order valence-electron chi connectivity index (χ3n) is 6.61. The molecule has 4 aromatic rings. The van der Waals surface area contributed by atoms with Crippen molar-refractivity contribution in [2.45, 2.75) is 45.3 Å². The predicted molar refractivity (Wildman–Crippen MR) is 162 cm³/mol. The van der Waals surface area contributed by atoms with Crippen LogP contribution in [-0.4, -0.2) is 47.5 Å². The molecular formula is C32H31ClN2O5S. The minimum absolute atomic E-state index is 0.0290. The lowest BCUT2D eigenvalue weighted by molar-refractivity contribution is 0.00707. The maximum atomic E-state index is 13.4. The van der Waals surface area contributed by atoms with E-state index in [0.717, 1.165) is 15.8 Å². The number of para-hydroxylation sites is 1. The van der Waals surface area contributed by atoms with Gasteiger partial charge in [0, 0.05) is 41.2 Å². The van der Waals surface area contributed by atoms with E-state index in [1.54, 1.807) is 49.9 Å². The molecule has 2 amide bonds. The number of rotatable bonds is 6. The van der Waals surface area contributed by atoms with Gasteiger partial charge in [-0.25, -0.2) is 4.79 Å². The van der Waals surface area contributed by atoms with Crippen LogP contribution in [0.2, 0.25) is 5.02 Å². The quantitative estimate of drug-likeness (QED) is 0.236. The Morgan fingerprint density at radius 2 is 1.68 bits per heavy atom. The molecule has 212 valence electrons. The molecule has 1 aliphatic heterocycles. The average Bonchev–Trinajstić information content (AvgIpc) is 3.36. The van der Waals surface area contributed by atoms with Crippen molar-refractivity contribution in [3.05, 3.63) is 93.8 Å². The summed E-state index contributed by atoms with van der Waals surface area (Å²) in [5.41, 5.74) is -0.0244. The largest absolute Gasteiger partial charge is 0.490 e. The van der Waals surface area contributed by atoms with Gasteiger partial charge < -0.3 is 19.7 Å². The molecule has 3 aromatic carbocycles. The highest BCUT2D eigenvalue weighted by molar-refractivity contribution is 7.21. The molecule has 7 nitrogen and oxygen atoms in total. The van der Waals surface area contributed by atoms with Gasteiger partial charge in [-0.05, 0) is 74.7 Å². The van der Waals surface area contributed by atoms with Crippen LogP contribution in [0.25, 0.3) is 10.1 Å². The van der Waals surface area contributed by atoms with Crippen LogP contribution in [0.15, 0.2) is 72.8 Å². The SMILES string of the molecule is CC(C)(C)OC(=O)c1cc(C(=O)N2CCC(Oc3ccccc3)CC2)ccc1NC(=O)c1cc2ccc(Cl)cc2s1. The molecule has 0 atom stereocenters. The number of anilines is 1. The second-order valence-electron chi connectivity index (χ2n) is 10.9. The zero-order valence-corrected chi connectivity index (χ0v) is 24.7. The fraction of sp³-hybridized carbons (Fsp3) is 0.281. The molecule has 0 spiro atoms. The molecule has 0 radical (unpaired) electrons. The van der Waals surface area contributed by atoms with E-state index in [-0.39, 0.29) is 29.2 Å². The second-order valence-corrected chi connectivity index (χ2v) is 12.5. The number of nitrogens with one attached hydrogen (secondary N) is 1. The first-order valence-corrected chi connectivity index (χ1v) is 14.6. The molecule has 1 fully saturated rings. The lowest BCUT2D eigenvalue weighted by atomic mass is 10.0. The van der Waals surface area contributed by atoms with Crippen molar-refractivity contribution in [1.82, 2.24) is 4.90 Å². The van der Waals surface area contributed by atoms with Gasteiger partial charge in [0.1, 0.15) is 17.5 Å². The van der Waals surface area contributed by atoms with Gasteiger partial charge in [-0.2, -0.15) is 0 Å². The number of nitrogens with zero attached hydrogens (tertiary/aromatic N) is 1. The van der Waals surface area contributed by atoms with Gasteiger partial charge in [0.2, 0.25) is 0 Å². The van der Waals surface area contributed by atoms with Crippen LogP contribution in [0.4, 0.5) is 5.69 Å². The number of hydrogen-bond donors (Lipinski definition) is 1. The van der Waals surface area contributed by atoms with Crippen LogP contribution in [0, 0.1) is 0 Å². The topological polar surface area (TPSA) is 84.9 Å². The number of carbonyl (C=O) groups is 3. The van der Waals surface area contributed by atoms with E-state index in [0.29, 0.717) is 41.4 Å². The summed E-state index contributed by atoms with van der Waals surface area (Å²) in [4.78, 5) is 42.1. The average molecular weight is 591 g/mol. The van der Waals surface area contributed by atoms with E-state index in [4.69, 9.17) is 21.1 Å². The molecule has 5 rings (SSSR count). The first-order chi connectivity index (χ1) is 19.6. The fourth-order valence-corrected chi connectivity index (χ4v) is 5.87. The third kappa shape index (κ3) is 7.07. The smallest absolute Gasteiger partial charge is 0.340 e. The van der Waals surface area contributed by atoms with Gasteiger partial charge in [-0.15, -0.1) is 11.3 Å². The third-order valence-corrected chi connectivity index (χ3v) is 7.95. The maximum absolute atomic E-state index is 13.4. The van der Waals surface area contributed by atoms with E-state index >= 15 is 0 Å². The maximum Gasteiger partial charge on any atom is 0.340 e. The van der Waals surface area contributed by atoms with Crippen LogP contribution in [-0.2, 0) is 4.74 Å². The molecule has 0 saturated carbocycles. The minimum Gasteiger partial charge on any atom is -0.490 e. The van der Waals surface area contributed by atoms with E-state index < -0.39 is 11.6 Å². The van der Waals surface area contributed by atoms with Crippen molar-refractivity contribution in [3.63, 3.8) is 0 Å². The van der Waals surface area contributed by atoms with Crippen molar-refractivity contribution in [2.75, 3.05) is 18.4 Å². The summed E-state index contributed by atoms with van der Waals surface area (Å²) < 4.78 is 12.6. The summed E-state index contributed by atoms with van der Waals surface area (Å²) >= 11 is 7.41. The molecule has 0 bridgehead atoms. The highest BCUT2D eigenvalue weighted by Crippen LogP contribution is 2.30. The molecule has 1 aromatic heterocycles. The number of piperidine rings is 1. The van der Waals surface area contributed by atoms with Crippen LogP contribution in [0.3, 0.4) is 0 Å². The highest BCUT2D eigenvalue weighted by Gasteiger charge is 2.27. The Balaban J connectivity index is 1.33. The zero-order valence-electron chi connectivity index (χ0n) is 23.1. The van der Waals surface area contributed by atoms with Crippen molar-refractivity contribution >= 4 is 56.5 Å². The lowest BCUT2D eigenvalue weighted by Gasteiger charge is -2.32.